The third-order valence-corrected chi connectivity index (χ3v) is 5.86. The first kappa shape index (κ1) is 19.9. The van der Waals surface area contributed by atoms with Gasteiger partial charge < -0.3 is 15.0 Å². The van der Waals surface area contributed by atoms with E-state index >= 15 is 0 Å². The molecule has 0 saturated heterocycles. The highest BCUT2D eigenvalue weighted by Crippen LogP contribution is 2.33. The number of hydrogen-bond donors (Lipinski definition) is 2. The monoisotopic (exact) mass is 401 g/mol. The molecule has 3 rings (SSSR count). The van der Waals surface area contributed by atoms with Crippen LogP contribution in [0.5, 0.6) is 5.75 Å². The number of aromatic amines is 1. The van der Waals surface area contributed by atoms with Gasteiger partial charge >= 0.3 is 0 Å². The smallest absolute Gasteiger partial charge is 0.207 e. The molecule has 0 spiro atoms. The minimum absolute atomic E-state index is 0.200. The van der Waals surface area contributed by atoms with Crippen LogP contribution in [-0.2, 0) is 20.0 Å². The van der Waals surface area contributed by atoms with Crippen LogP contribution in [-0.4, -0.2) is 44.7 Å². The second kappa shape index (κ2) is 7.27. The number of amides is 1. The number of benzene rings is 2. The van der Waals surface area contributed by atoms with E-state index in [4.69, 9.17) is 4.74 Å². The van der Waals surface area contributed by atoms with Gasteiger partial charge in [0.15, 0.2) is 9.84 Å². The topological polar surface area (TPSA) is 101 Å². The van der Waals surface area contributed by atoms with E-state index in [-0.39, 0.29) is 10.3 Å². The van der Waals surface area contributed by atoms with Gasteiger partial charge in [0.2, 0.25) is 6.41 Å². The molecule has 0 radical (unpaired) electrons. The first-order valence-electron chi connectivity index (χ1n) is 8.71. The molecule has 0 aliphatic heterocycles. The Balaban J connectivity index is 2.09. The molecule has 0 bridgehead atoms. The third kappa shape index (κ3) is 3.87. The van der Waals surface area contributed by atoms with E-state index < -0.39 is 9.84 Å². The van der Waals surface area contributed by atoms with Crippen LogP contribution < -0.4 is 10.1 Å². The van der Waals surface area contributed by atoms with E-state index in [1.54, 1.807) is 12.1 Å². The Morgan fingerprint density at radius 1 is 1.21 bits per heavy atom. The number of imidazole rings is 1. The summed E-state index contributed by atoms with van der Waals surface area (Å²) in [6.45, 7) is 4.59. The molecule has 3 aromatic rings. The molecular formula is C20H23N3O4S. The highest BCUT2D eigenvalue weighted by Gasteiger charge is 2.22. The lowest BCUT2D eigenvalue weighted by Gasteiger charge is -2.24. The Labute approximate surface area is 164 Å². The molecule has 0 atom stereocenters. The number of sulfone groups is 1. The summed E-state index contributed by atoms with van der Waals surface area (Å²) in [7, 11) is -1.83. The van der Waals surface area contributed by atoms with Gasteiger partial charge in [-0.25, -0.2) is 13.4 Å². The normalized spacial score (nSPS) is 12.1. The molecule has 28 heavy (non-hydrogen) atoms. The number of nitrogens with one attached hydrogen (secondary N) is 2. The van der Waals surface area contributed by atoms with Gasteiger partial charge in [-0.05, 0) is 35.9 Å². The number of nitrogens with zero attached hydrogens (tertiary/aromatic N) is 1. The summed E-state index contributed by atoms with van der Waals surface area (Å²) in [5.41, 5.74) is 2.93. The third-order valence-electron chi connectivity index (χ3n) is 4.74. The summed E-state index contributed by atoms with van der Waals surface area (Å²) in [5.74, 6) is 1.06. The maximum atomic E-state index is 11.9. The van der Waals surface area contributed by atoms with Gasteiger partial charge in [0, 0.05) is 18.2 Å². The number of aromatic nitrogens is 2. The average molecular weight is 401 g/mol. The zero-order valence-electron chi connectivity index (χ0n) is 16.2. The van der Waals surface area contributed by atoms with Gasteiger partial charge in [-0.1, -0.05) is 19.9 Å². The van der Waals surface area contributed by atoms with Crippen LogP contribution in [0.1, 0.15) is 19.4 Å². The molecule has 8 heteroatoms. The molecule has 0 saturated carbocycles. The van der Waals surface area contributed by atoms with Crippen molar-refractivity contribution in [2.75, 3.05) is 19.9 Å². The molecule has 1 amide bonds. The van der Waals surface area contributed by atoms with Crippen molar-refractivity contribution >= 4 is 27.3 Å². The van der Waals surface area contributed by atoms with Crippen LogP contribution in [0.25, 0.3) is 22.4 Å². The lowest BCUT2D eigenvalue weighted by atomic mass is 9.84. The number of carbonyl (C=O) groups is 1. The average Bonchev–Trinajstić information content (AvgIpc) is 3.08. The minimum atomic E-state index is -3.36. The Hall–Kier alpha value is -2.87. The van der Waals surface area contributed by atoms with Gasteiger partial charge in [0.25, 0.3) is 0 Å². The number of carbonyl (C=O) groups excluding carboxylic acids is 1. The summed E-state index contributed by atoms with van der Waals surface area (Å²) >= 11 is 0. The van der Waals surface area contributed by atoms with Crippen molar-refractivity contribution in [1.82, 2.24) is 15.3 Å². The largest absolute Gasteiger partial charge is 0.496 e. The van der Waals surface area contributed by atoms with Crippen molar-refractivity contribution in [2.45, 2.75) is 24.2 Å². The van der Waals surface area contributed by atoms with Crippen molar-refractivity contribution in [2.24, 2.45) is 0 Å². The van der Waals surface area contributed by atoms with Crippen LogP contribution in [0, 0.1) is 0 Å². The van der Waals surface area contributed by atoms with Crippen LogP contribution in [0.15, 0.2) is 41.3 Å². The molecule has 0 aliphatic carbocycles. The lowest BCUT2D eigenvalue weighted by Crippen LogP contribution is -2.32. The van der Waals surface area contributed by atoms with E-state index in [1.165, 1.54) is 19.4 Å². The second-order valence-electron chi connectivity index (χ2n) is 7.33. The Morgan fingerprint density at radius 3 is 2.61 bits per heavy atom. The van der Waals surface area contributed by atoms with E-state index in [9.17, 15) is 13.2 Å². The number of H-pyrrole nitrogens is 1. The SMILES string of the molecule is COc1ccc(S(C)(=O)=O)cc1-c1nc2ccc(C(C)(C)CNC=O)cc2[nH]1. The fraction of sp³-hybridized carbons (Fsp3) is 0.300. The van der Waals surface area contributed by atoms with E-state index in [0.717, 1.165) is 16.6 Å². The molecule has 0 aliphatic rings. The van der Waals surface area contributed by atoms with Crippen LogP contribution in [0.4, 0.5) is 0 Å². The second-order valence-corrected chi connectivity index (χ2v) is 9.35. The van der Waals surface area contributed by atoms with E-state index in [1.807, 2.05) is 32.0 Å². The predicted octanol–water partition coefficient (Wildman–Crippen LogP) is 2.67. The number of ether oxygens (including phenoxy) is 1. The molecule has 1 heterocycles. The maximum Gasteiger partial charge on any atom is 0.207 e. The van der Waals surface area contributed by atoms with Crippen LogP contribution >= 0.6 is 0 Å². The summed E-state index contributed by atoms with van der Waals surface area (Å²) in [4.78, 5) is 18.7. The van der Waals surface area contributed by atoms with Gasteiger partial charge in [0.05, 0.1) is 28.6 Å². The zero-order chi connectivity index (χ0) is 20.5. The number of fused-ring (bicyclic) bond motifs is 1. The van der Waals surface area contributed by atoms with Gasteiger partial charge in [-0.2, -0.15) is 0 Å². The molecule has 2 aromatic carbocycles. The van der Waals surface area contributed by atoms with Gasteiger partial charge in [0.1, 0.15) is 11.6 Å². The summed E-state index contributed by atoms with van der Waals surface area (Å²) in [5, 5.41) is 2.72. The molecule has 148 valence electrons. The molecule has 7 nitrogen and oxygen atoms in total. The maximum absolute atomic E-state index is 11.9. The predicted molar refractivity (Wildman–Crippen MR) is 108 cm³/mol. The fourth-order valence-electron chi connectivity index (χ4n) is 3.06. The van der Waals surface area contributed by atoms with Gasteiger partial charge in [-0.3, -0.25) is 4.79 Å². The standard InChI is InChI=1S/C20H23N3O4S/c1-20(2,11-21-12-24)13-5-7-16-17(9-13)23-19(22-16)15-10-14(28(4,25)26)6-8-18(15)27-3/h5-10,12H,11H2,1-4H3,(H,21,24)(H,22,23). The summed E-state index contributed by atoms with van der Waals surface area (Å²) in [6.07, 6.45) is 1.86. The van der Waals surface area contributed by atoms with Crippen molar-refractivity contribution in [3.8, 4) is 17.1 Å². The van der Waals surface area contributed by atoms with Crippen LogP contribution in [0.2, 0.25) is 0 Å². The zero-order valence-corrected chi connectivity index (χ0v) is 17.1. The highest BCUT2D eigenvalue weighted by atomic mass is 32.2. The number of hydrogen-bond acceptors (Lipinski definition) is 5. The van der Waals surface area contributed by atoms with Crippen molar-refractivity contribution < 1.29 is 17.9 Å². The number of rotatable bonds is 7. The number of methoxy groups -OCH3 is 1. The molecule has 0 unspecified atom stereocenters. The lowest BCUT2D eigenvalue weighted by molar-refractivity contribution is -0.109. The van der Waals surface area contributed by atoms with Gasteiger partial charge in [-0.15, -0.1) is 0 Å². The van der Waals surface area contributed by atoms with Crippen molar-refractivity contribution in [3.63, 3.8) is 0 Å². The Kier molecular flexibility index (Phi) is 5.16. The first-order valence-corrected chi connectivity index (χ1v) is 10.6. The Bertz CT molecular complexity index is 1130. The molecular weight excluding hydrogens is 378 g/mol. The first-order chi connectivity index (χ1) is 13.2. The Morgan fingerprint density at radius 2 is 1.96 bits per heavy atom. The van der Waals surface area contributed by atoms with Crippen molar-refractivity contribution in [3.05, 3.63) is 42.0 Å². The quantitative estimate of drug-likeness (QED) is 0.593. The van der Waals surface area contributed by atoms with E-state index in [2.05, 4.69) is 15.3 Å². The van der Waals surface area contributed by atoms with E-state index in [0.29, 0.717) is 30.1 Å². The fourth-order valence-corrected chi connectivity index (χ4v) is 3.71. The summed E-state index contributed by atoms with van der Waals surface area (Å²) < 4.78 is 29.2. The van der Waals surface area contributed by atoms with Crippen LogP contribution in [0.3, 0.4) is 0 Å². The highest BCUT2D eigenvalue weighted by molar-refractivity contribution is 7.90. The molecule has 1 aromatic heterocycles. The molecule has 2 N–H and O–H groups in total. The van der Waals surface area contributed by atoms with Crippen molar-refractivity contribution in [1.29, 1.82) is 0 Å². The summed E-state index contributed by atoms with van der Waals surface area (Å²) in [6, 6.07) is 10.6. The molecule has 0 fully saturated rings. The minimum Gasteiger partial charge on any atom is -0.496 e.